The topological polar surface area (TPSA) is 38.0 Å². The van der Waals surface area contributed by atoms with Gasteiger partial charge < -0.3 is 0 Å². The average Bonchev–Trinajstić information content (AvgIpc) is 2.36. The second kappa shape index (κ2) is 6.82. The lowest BCUT2D eigenvalue weighted by atomic mass is 9.78. The van der Waals surface area contributed by atoms with Crippen LogP contribution in [-0.4, -0.2) is 6.04 Å². The Morgan fingerprint density at radius 2 is 2.00 bits per heavy atom. The summed E-state index contributed by atoms with van der Waals surface area (Å²) in [7, 11) is 0. The Balaban J connectivity index is 2.02. The van der Waals surface area contributed by atoms with Crippen molar-refractivity contribution in [1.82, 2.24) is 5.43 Å². The Bertz CT molecular complexity index is 396. The van der Waals surface area contributed by atoms with Crippen molar-refractivity contribution in [3.8, 4) is 0 Å². The summed E-state index contributed by atoms with van der Waals surface area (Å²) in [5.74, 6) is 6.94. The molecule has 0 amide bonds. The molecule has 106 valence electrons. The molecular weight excluding hydrogens is 307 g/mol. The highest BCUT2D eigenvalue weighted by molar-refractivity contribution is 9.10. The van der Waals surface area contributed by atoms with Crippen molar-refractivity contribution in [2.24, 2.45) is 17.7 Å². The van der Waals surface area contributed by atoms with Crippen LogP contribution in [0, 0.1) is 17.7 Å². The number of hydrogen-bond donors (Lipinski definition) is 2. The fraction of sp³-hybridized carbons (Fsp3) is 0.600. The van der Waals surface area contributed by atoms with Gasteiger partial charge in [0.15, 0.2) is 0 Å². The van der Waals surface area contributed by atoms with Gasteiger partial charge in [0.25, 0.3) is 0 Å². The molecule has 0 aromatic heterocycles. The quantitative estimate of drug-likeness (QED) is 0.651. The summed E-state index contributed by atoms with van der Waals surface area (Å²) in [6.45, 7) is 2.31. The zero-order chi connectivity index (χ0) is 13.8. The number of benzene rings is 1. The highest BCUT2D eigenvalue weighted by Gasteiger charge is 2.25. The van der Waals surface area contributed by atoms with E-state index in [9.17, 15) is 4.39 Å². The standard InChI is InChI=1S/C15H22BrFN2/c1-10-2-4-12(5-3-10)15(19-18)8-11-6-13(16)9-14(17)7-11/h6-7,9-10,12,15,19H,2-5,8,18H2,1H3. The molecule has 1 aliphatic carbocycles. The molecule has 1 aromatic carbocycles. The third-order valence-electron chi connectivity index (χ3n) is 4.22. The van der Waals surface area contributed by atoms with Gasteiger partial charge in [-0.1, -0.05) is 35.7 Å². The maximum absolute atomic E-state index is 13.4. The van der Waals surface area contributed by atoms with Crippen molar-refractivity contribution in [1.29, 1.82) is 0 Å². The Kier molecular flexibility index (Phi) is 5.37. The molecule has 2 rings (SSSR count). The molecule has 1 atom stereocenters. The van der Waals surface area contributed by atoms with Gasteiger partial charge in [-0.15, -0.1) is 0 Å². The average molecular weight is 329 g/mol. The van der Waals surface area contributed by atoms with E-state index in [1.165, 1.54) is 31.7 Å². The van der Waals surface area contributed by atoms with Crippen molar-refractivity contribution in [2.75, 3.05) is 0 Å². The Morgan fingerprint density at radius 1 is 1.32 bits per heavy atom. The van der Waals surface area contributed by atoms with Crippen LogP contribution in [0.15, 0.2) is 22.7 Å². The van der Waals surface area contributed by atoms with E-state index in [4.69, 9.17) is 5.84 Å². The highest BCUT2D eigenvalue weighted by atomic mass is 79.9. The number of hydrogen-bond acceptors (Lipinski definition) is 2. The van der Waals surface area contributed by atoms with Crippen LogP contribution in [0.25, 0.3) is 0 Å². The van der Waals surface area contributed by atoms with Gasteiger partial charge in [-0.05, 0) is 54.9 Å². The van der Waals surface area contributed by atoms with Crippen LogP contribution in [0.4, 0.5) is 4.39 Å². The molecular formula is C15H22BrFN2. The third-order valence-corrected chi connectivity index (χ3v) is 4.68. The summed E-state index contributed by atoms with van der Waals surface area (Å²) in [6, 6.07) is 5.29. The van der Waals surface area contributed by atoms with Gasteiger partial charge in [-0.2, -0.15) is 0 Å². The number of rotatable bonds is 4. The molecule has 2 nitrogen and oxygen atoms in total. The zero-order valence-corrected chi connectivity index (χ0v) is 12.9. The van der Waals surface area contributed by atoms with Crippen LogP contribution in [0.1, 0.15) is 38.2 Å². The van der Waals surface area contributed by atoms with Crippen molar-refractivity contribution in [2.45, 2.75) is 45.1 Å². The zero-order valence-electron chi connectivity index (χ0n) is 11.3. The molecule has 19 heavy (non-hydrogen) atoms. The van der Waals surface area contributed by atoms with E-state index in [0.717, 1.165) is 22.4 Å². The predicted octanol–water partition coefficient (Wildman–Crippen LogP) is 3.79. The van der Waals surface area contributed by atoms with Gasteiger partial charge in [0.1, 0.15) is 5.82 Å². The molecule has 1 aromatic rings. The van der Waals surface area contributed by atoms with E-state index in [1.807, 2.05) is 6.07 Å². The first-order valence-electron chi connectivity index (χ1n) is 6.99. The lowest BCUT2D eigenvalue weighted by Crippen LogP contribution is -2.43. The van der Waals surface area contributed by atoms with Crippen molar-refractivity contribution >= 4 is 15.9 Å². The largest absolute Gasteiger partial charge is 0.271 e. The van der Waals surface area contributed by atoms with Gasteiger partial charge in [0.05, 0.1) is 0 Å². The van der Waals surface area contributed by atoms with Crippen LogP contribution in [0.5, 0.6) is 0 Å². The first-order chi connectivity index (χ1) is 9.08. The minimum atomic E-state index is -0.197. The number of hydrazine groups is 1. The van der Waals surface area contributed by atoms with Crippen molar-refractivity contribution in [3.63, 3.8) is 0 Å². The van der Waals surface area contributed by atoms with E-state index >= 15 is 0 Å². The molecule has 1 unspecified atom stereocenters. The molecule has 0 spiro atoms. The fourth-order valence-corrected chi connectivity index (χ4v) is 3.55. The first kappa shape index (κ1) is 14.9. The lowest BCUT2D eigenvalue weighted by molar-refractivity contribution is 0.229. The SMILES string of the molecule is CC1CCC(C(Cc2cc(F)cc(Br)c2)NN)CC1. The van der Waals surface area contributed by atoms with Crippen molar-refractivity contribution < 1.29 is 4.39 Å². The van der Waals surface area contributed by atoms with Gasteiger partial charge in [0, 0.05) is 10.5 Å². The molecule has 0 saturated heterocycles. The maximum Gasteiger partial charge on any atom is 0.124 e. The summed E-state index contributed by atoms with van der Waals surface area (Å²) in [5.41, 5.74) is 3.93. The Hall–Kier alpha value is -0.450. The normalized spacial score (nSPS) is 25.3. The minimum absolute atomic E-state index is 0.197. The van der Waals surface area contributed by atoms with E-state index < -0.39 is 0 Å². The van der Waals surface area contributed by atoms with E-state index in [2.05, 4.69) is 28.3 Å². The molecule has 4 heteroatoms. The van der Waals surface area contributed by atoms with Crippen LogP contribution in [0.3, 0.4) is 0 Å². The molecule has 1 aliphatic rings. The number of halogens is 2. The summed E-state index contributed by atoms with van der Waals surface area (Å²) in [6.07, 6.45) is 5.76. The molecule has 0 heterocycles. The molecule has 1 fully saturated rings. The second-order valence-electron chi connectivity index (χ2n) is 5.77. The lowest BCUT2D eigenvalue weighted by Gasteiger charge is -2.32. The highest BCUT2D eigenvalue weighted by Crippen LogP contribution is 2.31. The number of nitrogens with two attached hydrogens (primary N) is 1. The molecule has 0 bridgehead atoms. The summed E-state index contributed by atoms with van der Waals surface area (Å²) >= 11 is 3.34. The van der Waals surface area contributed by atoms with Gasteiger partial charge in [-0.25, -0.2) is 4.39 Å². The molecule has 1 saturated carbocycles. The van der Waals surface area contributed by atoms with Gasteiger partial charge in [0.2, 0.25) is 0 Å². The van der Waals surface area contributed by atoms with E-state index in [1.54, 1.807) is 6.07 Å². The van der Waals surface area contributed by atoms with E-state index in [0.29, 0.717) is 5.92 Å². The van der Waals surface area contributed by atoms with Crippen LogP contribution in [0.2, 0.25) is 0 Å². The van der Waals surface area contributed by atoms with Gasteiger partial charge >= 0.3 is 0 Å². The maximum atomic E-state index is 13.4. The monoisotopic (exact) mass is 328 g/mol. The summed E-state index contributed by atoms with van der Waals surface area (Å²) < 4.78 is 14.2. The van der Waals surface area contributed by atoms with Crippen LogP contribution < -0.4 is 11.3 Å². The third kappa shape index (κ3) is 4.26. The fourth-order valence-electron chi connectivity index (χ4n) is 3.03. The molecule has 3 N–H and O–H groups in total. The first-order valence-corrected chi connectivity index (χ1v) is 7.79. The second-order valence-corrected chi connectivity index (χ2v) is 6.69. The smallest absolute Gasteiger partial charge is 0.124 e. The Labute approximate surface area is 123 Å². The molecule has 0 aliphatic heterocycles. The molecule has 0 radical (unpaired) electrons. The van der Waals surface area contributed by atoms with Crippen LogP contribution >= 0.6 is 15.9 Å². The minimum Gasteiger partial charge on any atom is -0.271 e. The van der Waals surface area contributed by atoms with Gasteiger partial charge in [-0.3, -0.25) is 11.3 Å². The van der Waals surface area contributed by atoms with E-state index in [-0.39, 0.29) is 11.9 Å². The number of nitrogens with one attached hydrogen (secondary N) is 1. The van der Waals surface area contributed by atoms with Crippen LogP contribution in [-0.2, 0) is 6.42 Å². The Morgan fingerprint density at radius 3 is 2.58 bits per heavy atom. The summed E-state index contributed by atoms with van der Waals surface area (Å²) in [4.78, 5) is 0. The predicted molar refractivity (Wildman–Crippen MR) is 80.0 cm³/mol. The van der Waals surface area contributed by atoms with Crippen molar-refractivity contribution in [3.05, 3.63) is 34.1 Å². The summed E-state index contributed by atoms with van der Waals surface area (Å²) in [5, 5.41) is 0.